The van der Waals surface area contributed by atoms with Gasteiger partial charge in [-0.05, 0) is 37.9 Å². The van der Waals surface area contributed by atoms with E-state index in [1.165, 1.54) is 18.4 Å². The van der Waals surface area contributed by atoms with Gasteiger partial charge in [0.2, 0.25) is 0 Å². The van der Waals surface area contributed by atoms with Crippen LogP contribution in [0.1, 0.15) is 44.7 Å². The molecule has 0 aromatic carbocycles. The largest absolute Gasteiger partial charge is 0.385 e. The summed E-state index contributed by atoms with van der Waals surface area (Å²) < 4.78 is 7.32. The van der Waals surface area contributed by atoms with Gasteiger partial charge in [-0.3, -0.25) is 0 Å². The van der Waals surface area contributed by atoms with Crippen LogP contribution in [-0.2, 0) is 11.3 Å². The Morgan fingerprint density at radius 3 is 2.94 bits per heavy atom. The lowest BCUT2D eigenvalue weighted by Gasteiger charge is -2.12. The van der Waals surface area contributed by atoms with Crippen molar-refractivity contribution in [3.63, 3.8) is 0 Å². The zero-order chi connectivity index (χ0) is 12.5. The zero-order valence-electron chi connectivity index (χ0n) is 11.4. The maximum absolute atomic E-state index is 5.03. The Balaban J connectivity index is 2.30. The molecule has 0 aliphatic rings. The van der Waals surface area contributed by atoms with Crippen LogP contribution in [0.2, 0.25) is 0 Å². The first-order valence-electron chi connectivity index (χ1n) is 6.66. The second-order valence-electron chi connectivity index (χ2n) is 4.56. The maximum Gasteiger partial charge on any atom is 0.0474 e. The van der Waals surface area contributed by atoms with Crippen LogP contribution in [0.25, 0.3) is 0 Å². The molecule has 1 aromatic rings. The molecule has 1 unspecified atom stereocenters. The molecule has 1 N–H and O–H groups in total. The minimum absolute atomic E-state index is 0.426. The van der Waals surface area contributed by atoms with Gasteiger partial charge < -0.3 is 14.6 Å². The molecule has 1 rings (SSSR count). The number of ether oxygens (including phenoxy) is 1. The lowest BCUT2D eigenvalue weighted by Crippen LogP contribution is -2.20. The van der Waals surface area contributed by atoms with Crippen LogP contribution in [0.5, 0.6) is 0 Å². The molecule has 0 amide bonds. The van der Waals surface area contributed by atoms with E-state index in [0.29, 0.717) is 6.04 Å². The van der Waals surface area contributed by atoms with Crippen molar-refractivity contribution in [2.75, 3.05) is 20.3 Å². The Morgan fingerprint density at radius 1 is 1.41 bits per heavy atom. The Labute approximate surface area is 105 Å². The smallest absolute Gasteiger partial charge is 0.0474 e. The van der Waals surface area contributed by atoms with E-state index in [0.717, 1.165) is 26.1 Å². The minimum atomic E-state index is 0.426. The topological polar surface area (TPSA) is 26.2 Å². The van der Waals surface area contributed by atoms with Crippen LogP contribution in [-0.4, -0.2) is 24.8 Å². The Morgan fingerprint density at radius 2 is 2.24 bits per heavy atom. The van der Waals surface area contributed by atoms with Gasteiger partial charge in [0.05, 0.1) is 0 Å². The second kappa shape index (κ2) is 8.31. The predicted octanol–water partition coefficient (Wildman–Crippen LogP) is 2.98. The van der Waals surface area contributed by atoms with Crippen LogP contribution in [0, 0.1) is 0 Å². The monoisotopic (exact) mass is 238 g/mol. The first-order valence-corrected chi connectivity index (χ1v) is 6.66. The lowest BCUT2D eigenvalue weighted by molar-refractivity contribution is 0.193. The molecule has 98 valence electrons. The van der Waals surface area contributed by atoms with E-state index in [1.807, 2.05) is 0 Å². The van der Waals surface area contributed by atoms with E-state index in [4.69, 9.17) is 4.74 Å². The number of unbranched alkanes of at least 4 members (excludes halogenated alkanes) is 1. The van der Waals surface area contributed by atoms with E-state index < -0.39 is 0 Å². The van der Waals surface area contributed by atoms with Gasteiger partial charge in [-0.25, -0.2) is 0 Å². The van der Waals surface area contributed by atoms with Crippen LogP contribution in [0.3, 0.4) is 0 Å². The van der Waals surface area contributed by atoms with E-state index in [2.05, 4.69) is 42.2 Å². The van der Waals surface area contributed by atoms with Crippen molar-refractivity contribution in [2.24, 2.45) is 0 Å². The summed E-state index contributed by atoms with van der Waals surface area (Å²) in [5.74, 6) is 0. The van der Waals surface area contributed by atoms with Crippen molar-refractivity contribution in [3.8, 4) is 0 Å². The van der Waals surface area contributed by atoms with E-state index in [9.17, 15) is 0 Å². The fourth-order valence-corrected chi connectivity index (χ4v) is 1.85. The molecule has 0 bridgehead atoms. The number of aromatic nitrogens is 1. The molecule has 0 saturated carbocycles. The van der Waals surface area contributed by atoms with Gasteiger partial charge in [0.1, 0.15) is 0 Å². The fraction of sp³-hybridized carbons (Fsp3) is 0.714. The zero-order valence-corrected chi connectivity index (χ0v) is 11.4. The summed E-state index contributed by atoms with van der Waals surface area (Å²) in [6.45, 7) is 7.41. The number of nitrogens with one attached hydrogen (secondary N) is 1. The number of hydrogen-bond acceptors (Lipinski definition) is 2. The summed E-state index contributed by atoms with van der Waals surface area (Å²) in [5.41, 5.74) is 1.37. The number of aryl methyl sites for hydroxylation is 1. The summed E-state index contributed by atoms with van der Waals surface area (Å²) in [7, 11) is 1.75. The molecule has 0 spiro atoms. The van der Waals surface area contributed by atoms with Crippen molar-refractivity contribution >= 4 is 0 Å². The molecule has 1 heterocycles. The fourth-order valence-electron chi connectivity index (χ4n) is 1.85. The standard InChI is InChI=1S/C14H26N2O/c1-4-5-9-16-10-7-14(12-16)13(2)15-8-6-11-17-3/h7,10,12-13,15H,4-6,8-9,11H2,1-3H3. The number of methoxy groups -OCH3 is 1. The average molecular weight is 238 g/mol. The summed E-state index contributed by atoms with van der Waals surface area (Å²) in [6, 6.07) is 2.64. The van der Waals surface area contributed by atoms with Gasteiger partial charge in [-0.2, -0.15) is 0 Å². The number of nitrogens with zero attached hydrogens (tertiary/aromatic N) is 1. The predicted molar refractivity (Wildman–Crippen MR) is 72.3 cm³/mol. The van der Waals surface area contributed by atoms with Crippen molar-refractivity contribution < 1.29 is 4.74 Å². The highest BCUT2D eigenvalue weighted by molar-refractivity contribution is 5.14. The SMILES string of the molecule is CCCCn1ccc(C(C)NCCCOC)c1. The van der Waals surface area contributed by atoms with Gasteiger partial charge in [0, 0.05) is 38.7 Å². The van der Waals surface area contributed by atoms with Crippen LogP contribution < -0.4 is 5.32 Å². The molecule has 3 nitrogen and oxygen atoms in total. The molecular formula is C14H26N2O. The first kappa shape index (κ1) is 14.3. The summed E-state index contributed by atoms with van der Waals surface area (Å²) in [6.07, 6.45) is 8.00. The summed E-state index contributed by atoms with van der Waals surface area (Å²) >= 11 is 0. The molecular weight excluding hydrogens is 212 g/mol. The average Bonchev–Trinajstić information content (AvgIpc) is 2.80. The van der Waals surface area contributed by atoms with Crippen molar-refractivity contribution in [1.82, 2.24) is 9.88 Å². The van der Waals surface area contributed by atoms with Crippen molar-refractivity contribution in [3.05, 3.63) is 24.0 Å². The quantitative estimate of drug-likeness (QED) is 0.669. The third-order valence-electron chi connectivity index (χ3n) is 3.02. The van der Waals surface area contributed by atoms with Gasteiger partial charge in [-0.1, -0.05) is 13.3 Å². The third kappa shape index (κ3) is 5.37. The van der Waals surface area contributed by atoms with Gasteiger partial charge >= 0.3 is 0 Å². The molecule has 0 aliphatic carbocycles. The highest BCUT2D eigenvalue weighted by Crippen LogP contribution is 2.13. The summed E-state index contributed by atoms with van der Waals surface area (Å²) in [5, 5.41) is 3.51. The molecule has 0 fully saturated rings. The molecule has 1 atom stereocenters. The van der Waals surface area contributed by atoms with Crippen LogP contribution in [0.4, 0.5) is 0 Å². The van der Waals surface area contributed by atoms with Crippen LogP contribution >= 0.6 is 0 Å². The molecule has 0 saturated heterocycles. The van der Waals surface area contributed by atoms with Gasteiger partial charge in [0.25, 0.3) is 0 Å². The highest BCUT2D eigenvalue weighted by Gasteiger charge is 2.05. The first-order chi connectivity index (χ1) is 8.27. The normalized spacial score (nSPS) is 12.9. The Kier molecular flexibility index (Phi) is 6.97. The van der Waals surface area contributed by atoms with E-state index in [1.54, 1.807) is 7.11 Å². The van der Waals surface area contributed by atoms with Crippen LogP contribution in [0.15, 0.2) is 18.5 Å². The van der Waals surface area contributed by atoms with Crippen molar-refractivity contribution in [2.45, 2.75) is 45.7 Å². The van der Waals surface area contributed by atoms with Crippen molar-refractivity contribution in [1.29, 1.82) is 0 Å². The second-order valence-corrected chi connectivity index (χ2v) is 4.56. The highest BCUT2D eigenvalue weighted by atomic mass is 16.5. The van der Waals surface area contributed by atoms with Gasteiger partial charge in [-0.15, -0.1) is 0 Å². The number of rotatable bonds is 9. The Hall–Kier alpha value is -0.800. The minimum Gasteiger partial charge on any atom is -0.385 e. The molecule has 17 heavy (non-hydrogen) atoms. The molecule has 0 radical (unpaired) electrons. The molecule has 0 aliphatic heterocycles. The summed E-state index contributed by atoms with van der Waals surface area (Å²) in [4.78, 5) is 0. The van der Waals surface area contributed by atoms with E-state index >= 15 is 0 Å². The van der Waals surface area contributed by atoms with E-state index in [-0.39, 0.29) is 0 Å². The van der Waals surface area contributed by atoms with Gasteiger partial charge in [0.15, 0.2) is 0 Å². The molecule has 1 aromatic heterocycles. The Bertz CT molecular complexity index is 296. The number of hydrogen-bond donors (Lipinski definition) is 1. The lowest BCUT2D eigenvalue weighted by atomic mass is 10.2. The molecule has 3 heteroatoms. The third-order valence-corrected chi connectivity index (χ3v) is 3.02. The maximum atomic E-state index is 5.03.